The second kappa shape index (κ2) is 25.5. The van der Waals surface area contributed by atoms with Gasteiger partial charge in [0.05, 0.1) is 12.8 Å². The van der Waals surface area contributed by atoms with Crippen LogP contribution in [0.5, 0.6) is 0 Å². The molecule has 0 spiro atoms. The van der Waals surface area contributed by atoms with Crippen LogP contribution in [0.25, 0.3) is 0 Å². The molecule has 0 saturated heterocycles. The third kappa shape index (κ3) is 25.4. The summed E-state index contributed by atoms with van der Waals surface area (Å²) < 4.78 is 0. The van der Waals surface area contributed by atoms with Crippen molar-refractivity contribution in [2.75, 3.05) is 0 Å². The predicted molar refractivity (Wildman–Crippen MR) is 116 cm³/mol. The number of rotatable bonds is 20. The van der Waals surface area contributed by atoms with Crippen LogP contribution in [0.15, 0.2) is 0 Å². The molecule has 29 heavy (non-hydrogen) atoms. The molecule has 0 heterocycles. The Hall–Kier alpha value is -0.554. The molecule has 0 fully saturated rings. The fourth-order valence-corrected chi connectivity index (χ4v) is 3.34. The molecule has 0 aliphatic heterocycles. The first kappa shape index (κ1) is 30.6. The molecule has 0 aromatic rings. The van der Waals surface area contributed by atoms with Gasteiger partial charge in [-0.3, -0.25) is 0 Å². The van der Waals surface area contributed by atoms with E-state index in [0.29, 0.717) is 12.8 Å². The minimum Gasteiger partial charge on any atom is -0.247 e. The Labute approximate surface area is 190 Å². The van der Waals surface area contributed by atoms with Gasteiger partial charge in [0.2, 0.25) is 0 Å². The summed E-state index contributed by atoms with van der Waals surface area (Å²) >= 11 is 0. The Kier molecular flexibility index (Phi) is 26.9. The van der Waals surface area contributed by atoms with Crippen LogP contribution in [-0.2, 0) is 36.1 Å². The molecule has 0 N–H and O–H groups in total. The van der Waals surface area contributed by atoms with Crippen LogP contribution in [0.2, 0.25) is 0 Å². The van der Waals surface area contributed by atoms with Gasteiger partial charge in [-0.1, -0.05) is 117 Å². The van der Waals surface area contributed by atoms with Gasteiger partial charge in [-0.05, 0) is 12.8 Å². The maximum Gasteiger partial charge on any atom is 0.355 e. The minimum atomic E-state index is -0.427. The molecular weight excluding hydrogens is 411 g/mol. The zero-order chi connectivity index (χ0) is 20.7. The molecule has 4 nitrogen and oxygen atoms in total. The van der Waals surface area contributed by atoms with Gasteiger partial charge in [-0.2, -0.15) is 0 Å². The monoisotopic (exact) mass is 457 g/mol. The van der Waals surface area contributed by atoms with Crippen LogP contribution < -0.4 is 0 Å². The van der Waals surface area contributed by atoms with Gasteiger partial charge >= 0.3 is 11.9 Å². The molecule has 0 bridgehead atoms. The van der Waals surface area contributed by atoms with E-state index in [4.69, 9.17) is 0 Å². The van der Waals surface area contributed by atoms with Crippen molar-refractivity contribution >= 4 is 11.9 Å². The van der Waals surface area contributed by atoms with Crippen molar-refractivity contribution in [1.82, 2.24) is 0 Å². The molecule has 0 aliphatic rings. The summed E-state index contributed by atoms with van der Waals surface area (Å²) in [5.74, 6) is -0.855. The molecular formula is C24H46CoO4. The zero-order valence-electron chi connectivity index (χ0n) is 19.1. The molecule has 175 valence electrons. The molecule has 5 heteroatoms. The van der Waals surface area contributed by atoms with E-state index in [0.717, 1.165) is 38.5 Å². The summed E-state index contributed by atoms with van der Waals surface area (Å²) in [7, 11) is 0. The van der Waals surface area contributed by atoms with Gasteiger partial charge in [0.25, 0.3) is 0 Å². The van der Waals surface area contributed by atoms with E-state index in [1.165, 1.54) is 77.0 Å². The maximum atomic E-state index is 11.6. The molecule has 0 amide bonds. The van der Waals surface area contributed by atoms with Gasteiger partial charge in [0.1, 0.15) is 0 Å². The smallest absolute Gasteiger partial charge is 0.247 e. The van der Waals surface area contributed by atoms with Crippen molar-refractivity contribution < 1.29 is 36.1 Å². The summed E-state index contributed by atoms with van der Waals surface area (Å²) in [6, 6.07) is 0. The fraction of sp³-hybridized carbons (Fsp3) is 0.917. The summed E-state index contributed by atoms with van der Waals surface area (Å²) in [5.41, 5.74) is 0. The van der Waals surface area contributed by atoms with Crippen molar-refractivity contribution in [3.05, 3.63) is 0 Å². The second-order valence-corrected chi connectivity index (χ2v) is 8.07. The average Bonchev–Trinajstić information content (AvgIpc) is 2.69. The van der Waals surface area contributed by atoms with Gasteiger partial charge < -0.3 is 0 Å². The Balaban J connectivity index is 0. The Morgan fingerprint density at radius 2 is 0.690 bits per heavy atom. The fourth-order valence-electron chi connectivity index (χ4n) is 3.34. The normalized spacial score (nSPS) is 10.4. The summed E-state index contributed by atoms with van der Waals surface area (Å²) in [4.78, 5) is 32.4. The first-order valence-corrected chi connectivity index (χ1v) is 12.1. The molecule has 0 aliphatic carbocycles. The largest absolute Gasteiger partial charge is 0.355 e. The molecule has 0 saturated carbocycles. The number of hydrogen-bond donors (Lipinski definition) is 0. The summed E-state index contributed by atoms with van der Waals surface area (Å²) in [5, 5.41) is 0. The number of carbonyl (C=O) groups excluding carboxylic acids is 2. The molecule has 0 rings (SSSR count). The Bertz CT molecular complexity index is 327. The van der Waals surface area contributed by atoms with E-state index in [-0.39, 0.29) is 16.8 Å². The van der Waals surface area contributed by atoms with E-state index < -0.39 is 11.9 Å². The standard InChI is InChI=1S/C24H46O4.Co/c1-3-5-7-9-11-13-15-17-19-21-23(25)27-28-24(26)22-20-18-16-14-12-10-8-6-4-2;/h3-22H2,1-2H3;. The number of hydrogen-bond acceptors (Lipinski definition) is 4. The zero-order valence-corrected chi connectivity index (χ0v) is 20.1. The van der Waals surface area contributed by atoms with Crippen molar-refractivity contribution in [1.29, 1.82) is 0 Å². The van der Waals surface area contributed by atoms with Gasteiger partial charge in [-0.25, -0.2) is 19.4 Å². The maximum absolute atomic E-state index is 11.6. The van der Waals surface area contributed by atoms with E-state index >= 15 is 0 Å². The topological polar surface area (TPSA) is 52.6 Å². The van der Waals surface area contributed by atoms with Crippen LogP contribution in [-0.4, -0.2) is 11.9 Å². The third-order valence-electron chi connectivity index (χ3n) is 5.20. The number of unbranched alkanes of at least 4 members (excludes halogenated alkanes) is 16. The SMILES string of the molecule is CCCCCCCCCCCC(=O)OOC(=O)CCCCCCCCCCC.[Co]. The average molecular weight is 458 g/mol. The predicted octanol–water partition coefficient (Wildman–Crippen LogP) is 7.83. The van der Waals surface area contributed by atoms with Gasteiger partial charge in [0.15, 0.2) is 0 Å². The molecule has 0 aromatic carbocycles. The van der Waals surface area contributed by atoms with E-state index in [9.17, 15) is 9.59 Å². The van der Waals surface area contributed by atoms with Crippen LogP contribution in [0.3, 0.4) is 0 Å². The second-order valence-electron chi connectivity index (χ2n) is 8.07. The van der Waals surface area contributed by atoms with Crippen molar-refractivity contribution in [3.63, 3.8) is 0 Å². The van der Waals surface area contributed by atoms with Crippen LogP contribution in [0, 0.1) is 0 Å². The van der Waals surface area contributed by atoms with Gasteiger partial charge in [0, 0.05) is 16.8 Å². The summed E-state index contributed by atoms with van der Waals surface area (Å²) in [6.45, 7) is 4.46. The van der Waals surface area contributed by atoms with Crippen LogP contribution >= 0.6 is 0 Å². The molecule has 0 atom stereocenters. The summed E-state index contributed by atoms with van der Waals surface area (Å²) in [6.07, 6.45) is 22.3. The van der Waals surface area contributed by atoms with E-state index in [2.05, 4.69) is 23.6 Å². The molecule has 1 radical (unpaired) electrons. The van der Waals surface area contributed by atoms with Gasteiger partial charge in [-0.15, -0.1) is 0 Å². The minimum absolute atomic E-state index is 0. The van der Waals surface area contributed by atoms with Crippen molar-refractivity contribution in [2.24, 2.45) is 0 Å². The first-order valence-electron chi connectivity index (χ1n) is 12.1. The van der Waals surface area contributed by atoms with Crippen LogP contribution in [0.1, 0.15) is 142 Å². The van der Waals surface area contributed by atoms with E-state index in [1.807, 2.05) is 0 Å². The van der Waals surface area contributed by atoms with Crippen LogP contribution in [0.4, 0.5) is 0 Å². The molecule has 0 aromatic heterocycles. The van der Waals surface area contributed by atoms with Crippen molar-refractivity contribution in [3.8, 4) is 0 Å². The van der Waals surface area contributed by atoms with Crippen molar-refractivity contribution in [2.45, 2.75) is 142 Å². The first-order chi connectivity index (χ1) is 13.7. The number of carbonyl (C=O) groups is 2. The Morgan fingerprint density at radius 3 is 0.966 bits per heavy atom. The third-order valence-corrected chi connectivity index (χ3v) is 5.20. The van der Waals surface area contributed by atoms with E-state index in [1.54, 1.807) is 0 Å². The molecule has 0 unspecified atom stereocenters. The quantitative estimate of drug-likeness (QED) is 0.106. The Morgan fingerprint density at radius 1 is 0.448 bits per heavy atom.